The van der Waals surface area contributed by atoms with Crippen molar-refractivity contribution < 1.29 is 0 Å². The molecule has 2 N–H and O–H groups in total. The summed E-state index contributed by atoms with van der Waals surface area (Å²) in [4.78, 5) is 0. The summed E-state index contributed by atoms with van der Waals surface area (Å²) in [5.74, 6) is 0.508. The van der Waals surface area contributed by atoms with Crippen molar-refractivity contribution in [1.82, 2.24) is 4.57 Å². The molecule has 1 aliphatic heterocycles. The molecule has 0 saturated heterocycles. The van der Waals surface area contributed by atoms with Crippen LogP contribution in [0.1, 0.15) is 18.0 Å². The van der Waals surface area contributed by atoms with Gasteiger partial charge in [0, 0.05) is 30.1 Å². The third-order valence-corrected chi connectivity index (χ3v) is 3.61. The summed E-state index contributed by atoms with van der Waals surface area (Å²) in [5, 5.41) is 2.08. The molecule has 1 atom stereocenters. The van der Waals surface area contributed by atoms with Crippen LogP contribution in [-0.4, -0.2) is 11.1 Å². The molecule has 2 nitrogen and oxygen atoms in total. The predicted octanol–water partition coefficient (Wildman–Crippen LogP) is 2.74. The Morgan fingerprint density at radius 1 is 1.47 bits per heavy atom. The maximum Gasteiger partial charge on any atom is 0.0671 e. The largest absolute Gasteiger partial charge is 0.343 e. The van der Waals surface area contributed by atoms with E-state index < -0.39 is 0 Å². The normalized spacial score (nSPS) is 19.7. The minimum absolute atomic E-state index is 0.508. The summed E-state index contributed by atoms with van der Waals surface area (Å²) < 4.78 is 2.31. The quantitative estimate of drug-likeness (QED) is 0.787. The van der Waals surface area contributed by atoms with Crippen LogP contribution in [0.4, 0.5) is 0 Å². The Balaban J connectivity index is 2.31. The number of hydrogen-bond donors (Lipinski definition) is 1. The minimum Gasteiger partial charge on any atom is -0.343 e. The maximum absolute atomic E-state index is 6.22. The molecule has 15 heavy (non-hydrogen) atoms. The van der Waals surface area contributed by atoms with Gasteiger partial charge in [0.2, 0.25) is 0 Å². The highest BCUT2D eigenvalue weighted by Gasteiger charge is 2.24. The molecule has 0 amide bonds. The zero-order valence-corrected chi connectivity index (χ0v) is 9.17. The van der Waals surface area contributed by atoms with E-state index in [1.807, 2.05) is 12.1 Å². The number of hydrogen-bond acceptors (Lipinski definition) is 1. The highest BCUT2D eigenvalue weighted by molar-refractivity contribution is 6.35. The molecular weight excluding hydrogens is 208 g/mol. The first kappa shape index (κ1) is 9.25. The molecule has 3 rings (SSSR count). The Bertz CT molecular complexity index is 516. The minimum atomic E-state index is 0.508. The molecule has 0 fully saturated rings. The second kappa shape index (κ2) is 3.26. The van der Waals surface area contributed by atoms with E-state index in [0.717, 1.165) is 24.5 Å². The van der Waals surface area contributed by atoms with Gasteiger partial charge in [0.05, 0.1) is 10.5 Å². The van der Waals surface area contributed by atoms with Crippen LogP contribution in [0.2, 0.25) is 5.02 Å². The molecule has 3 heteroatoms. The van der Waals surface area contributed by atoms with Crippen molar-refractivity contribution >= 4 is 22.5 Å². The van der Waals surface area contributed by atoms with Crippen molar-refractivity contribution in [3.63, 3.8) is 0 Å². The highest BCUT2D eigenvalue weighted by atomic mass is 35.5. The van der Waals surface area contributed by atoms with E-state index in [-0.39, 0.29) is 0 Å². The van der Waals surface area contributed by atoms with Crippen LogP contribution in [-0.2, 0) is 6.54 Å². The standard InChI is InChI=1S/C12H13ClN2/c13-10-3-1-2-8-6-11-9(7-14)4-5-15(11)12(8)10/h1-3,6,9H,4-5,7,14H2. The number of halogens is 1. The Morgan fingerprint density at radius 2 is 2.33 bits per heavy atom. The number of para-hydroxylation sites is 1. The summed E-state index contributed by atoms with van der Waals surface area (Å²) in [6.07, 6.45) is 1.15. The number of fused-ring (bicyclic) bond motifs is 3. The van der Waals surface area contributed by atoms with Gasteiger partial charge in [-0.05, 0) is 18.6 Å². The van der Waals surface area contributed by atoms with Crippen molar-refractivity contribution in [3.8, 4) is 0 Å². The SMILES string of the molecule is NCC1CCn2c1cc1cccc(Cl)c12. The fourth-order valence-electron chi connectivity index (χ4n) is 2.55. The smallest absolute Gasteiger partial charge is 0.0671 e. The second-order valence-corrected chi connectivity index (χ2v) is 4.53. The van der Waals surface area contributed by atoms with Gasteiger partial charge in [-0.2, -0.15) is 0 Å². The van der Waals surface area contributed by atoms with E-state index >= 15 is 0 Å². The summed E-state index contributed by atoms with van der Waals surface area (Å²) in [6.45, 7) is 1.78. The van der Waals surface area contributed by atoms with Gasteiger partial charge < -0.3 is 10.3 Å². The number of nitrogens with two attached hydrogens (primary N) is 1. The lowest BCUT2D eigenvalue weighted by molar-refractivity contribution is 0.673. The van der Waals surface area contributed by atoms with E-state index in [2.05, 4.69) is 16.7 Å². The lowest BCUT2D eigenvalue weighted by Gasteiger charge is -2.03. The average Bonchev–Trinajstić information content (AvgIpc) is 2.75. The van der Waals surface area contributed by atoms with Crippen molar-refractivity contribution in [1.29, 1.82) is 0 Å². The Hall–Kier alpha value is -0.990. The molecule has 1 unspecified atom stereocenters. The van der Waals surface area contributed by atoms with E-state index in [4.69, 9.17) is 17.3 Å². The molecule has 1 aliphatic rings. The third kappa shape index (κ3) is 1.22. The molecular formula is C12H13ClN2. The number of aryl methyl sites for hydroxylation is 1. The van der Waals surface area contributed by atoms with Gasteiger partial charge in [-0.1, -0.05) is 23.7 Å². The van der Waals surface area contributed by atoms with Gasteiger partial charge in [-0.25, -0.2) is 0 Å². The first-order chi connectivity index (χ1) is 7.31. The number of benzene rings is 1. The van der Waals surface area contributed by atoms with Crippen LogP contribution in [0, 0.1) is 0 Å². The van der Waals surface area contributed by atoms with Crippen molar-refractivity contribution in [2.24, 2.45) is 5.73 Å². The van der Waals surface area contributed by atoms with Gasteiger partial charge in [-0.3, -0.25) is 0 Å². The van der Waals surface area contributed by atoms with Crippen molar-refractivity contribution in [2.75, 3.05) is 6.54 Å². The van der Waals surface area contributed by atoms with E-state index in [1.54, 1.807) is 0 Å². The fraction of sp³-hybridized carbons (Fsp3) is 0.333. The second-order valence-electron chi connectivity index (χ2n) is 4.12. The van der Waals surface area contributed by atoms with Gasteiger partial charge >= 0.3 is 0 Å². The van der Waals surface area contributed by atoms with E-state index in [1.165, 1.54) is 16.6 Å². The molecule has 2 heterocycles. The molecule has 0 bridgehead atoms. The third-order valence-electron chi connectivity index (χ3n) is 3.31. The summed E-state index contributed by atoms with van der Waals surface area (Å²) >= 11 is 6.22. The highest BCUT2D eigenvalue weighted by Crippen LogP contribution is 2.36. The van der Waals surface area contributed by atoms with Crippen molar-refractivity contribution in [2.45, 2.75) is 18.9 Å². The summed E-state index contributed by atoms with van der Waals surface area (Å²) in [6, 6.07) is 8.29. The summed E-state index contributed by atoms with van der Waals surface area (Å²) in [7, 11) is 0. The zero-order valence-electron chi connectivity index (χ0n) is 8.41. The van der Waals surface area contributed by atoms with E-state index in [0.29, 0.717) is 5.92 Å². The molecule has 2 aromatic rings. The van der Waals surface area contributed by atoms with E-state index in [9.17, 15) is 0 Å². The van der Waals surface area contributed by atoms with Crippen LogP contribution in [0.5, 0.6) is 0 Å². The van der Waals surface area contributed by atoms with Gasteiger partial charge in [0.15, 0.2) is 0 Å². The van der Waals surface area contributed by atoms with Crippen LogP contribution in [0.3, 0.4) is 0 Å². The van der Waals surface area contributed by atoms with Crippen molar-refractivity contribution in [3.05, 3.63) is 35.0 Å². The summed E-state index contributed by atoms with van der Waals surface area (Å²) in [5.41, 5.74) is 8.28. The molecule has 78 valence electrons. The fourth-order valence-corrected chi connectivity index (χ4v) is 2.83. The lowest BCUT2D eigenvalue weighted by atomic mass is 10.1. The Kier molecular flexibility index (Phi) is 2.01. The van der Waals surface area contributed by atoms with Crippen LogP contribution in [0.15, 0.2) is 24.3 Å². The van der Waals surface area contributed by atoms with Crippen LogP contribution < -0.4 is 5.73 Å². The average molecular weight is 221 g/mol. The van der Waals surface area contributed by atoms with Gasteiger partial charge in [-0.15, -0.1) is 0 Å². The monoisotopic (exact) mass is 220 g/mol. The number of rotatable bonds is 1. The predicted molar refractivity (Wildman–Crippen MR) is 63.4 cm³/mol. The lowest BCUT2D eigenvalue weighted by Crippen LogP contribution is -2.08. The van der Waals surface area contributed by atoms with Crippen LogP contribution in [0.25, 0.3) is 10.9 Å². The maximum atomic E-state index is 6.22. The number of aromatic nitrogens is 1. The molecule has 1 aromatic carbocycles. The molecule has 1 aromatic heterocycles. The van der Waals surface area contributed by atoms with Gasteiger partial charge in [0.1, 0.15) is 0 Å². The molecule has 0 radical (unpaired) electrons. The topological polar surface area (TPSA) is 30.9 Å². The number of nitrogens with zero attached hydrogens (tertiary/aromatic N) is 1. The molecule has 0 spiro atoms. The molecule has 0 aliphatic carbocycles. The Labute approximate surface area is 93.6 Å². The Morgan fingerprint density at radius 3 is 3.13 bits per heavy atom. The first-order valence-corrected chi connectivity index (χ1v) is 5.67. The molecule has 0 saturated carbocycles. The van der Waals surface area contributed by atoms with Crippen LogP contribution >= 0.6 is 11.6 Å². The zero-order chi connectivity index (χ0) is 10.4. The van der Waals surface area contributed by atoms with Gasteiger partial charge in [0.25, 0.3) is 0 Å². The first-order valence-electron chi connectivity index (χ1n) is 5.29.